The topological polar surface area (TPSA) is 76.6 Å². The first-order valence-corrected chi connectivity index (χ1v) is 12.5. The maximum absolute atomic E-state index is 14.5. The quantitative estimate of drug-likeness (QED) is 0.524. The van der Waals surface area contributed by atoms with Gasteiger partial charge in [-0.15, -0.1) is 0 Å². The summed E-state index contributed by atoms with van der Waals surface area (Å²) in [6, 6.07) is 18.5. The van der Waals surface area contributed by atoms with Crippen LogP contribution in [0.3, 0.4) is 0 Å². The lowest BCUT2D eigenvalue weighted by Gasteiger charge is -2.35. The molecule has 9 heteroatoms. The van der Waals surface area contributed by atoms with E-state index in [4.69, 9.17) is 0 Å². The highest BCUT2D eigenvalue weighted by molar-refractivity contribution is 5.73. The van der Waals surface area contributed by atoms with Crippen molar-refractivity contribution in [3.05, 3.63) is 72.2 Å². The Morgan fingerprint density at radius 2 is 1.78 bits per heavy atom. The van der Waals surface area contributed by atoms with E-state index >= 15 is 0 Å². The number of amides is 1. The van der Waals surface area contributed by atoms with Gasteiger partial charge in [0.25, 0.3) is 0 Å². The molecular weight excluding hydrogens is 457 g/mol. The summed E-state index contributed by atoms with van der Waals surface area (Å²) in [5.74, 6) is 0.238. The molecule has 0 unspecified atom stereocenters. The van der Waals surface area contributed by atoms with Crippen LogP contribution in [0.5, 0.6) is 0 Å². The van der Waals surface area contributed by atoms with E-state index in [1.165, 1.54) is 11.8 Å². The van der Waals surface area contributed by atoms with Crippen LogP contribution in [0.2, 0.25) is 0 Å². The molecule has 3 aromatic rings. The third-order valence-electron chi connectivity index (χ3n) is 6.82. The maximum Gasteiger partial charge on any atom is 0.229 e. The average molecular weight is 490 g/mol. The largest absolute Gasteiger partial charge is 0.368 e. The van der Waals surface area contributed by atoms with Gasteiger partial charge in [-0.05, 0) is 36.2 Å². The van der Waals surface area contributed by atoms with Crippen molar-refractivity contribution < 1.29 is 9.18 Å². The lowest BCUT2D eigenvalue weighted by atomic mass is 10.2. The number of carbonyl (C=O) groups is 1. The van der Waals surface area contributed by atoms with Crippen LogP contribution in [0.4, 0.5) is 27.5 Å². The van der Waals surface area contributed by atoms with E-state index < -0.39 is 5.82 Å². The van der Waals surface area contributed by atoms with Gasteiger partial charge in [0.15, 0.2) is 11.6 Å². The highest BCUT2D eigenvalue weighted by atomic mass is 19.1. The standard InChI is InChI=1S/C27H32FN7O/c1-20(36)34-13-15-35(16-14-34)24-9-7-22(8-10-24)31-27-29-17-25(28)26(32-27)30-23-11-12-33(19-23)18-21-5-3-2-4-6-21/h2-10,17,23H,11-16,18-19H2,1H3,(H2,29,30,31,32)/t23-/m0/s1. The fourth-order valence-corrected chi connectivity index (χ4v) is 4.82. The van der Waals surface area contributed by atoms with Crippen molar-refractivity contribution in [1.82, 2.24) is 19.8 Å². The van der Waals surface area contributed by atoms with Crippen molar-refractivity contribution in [3.8, 4) is 0 Å². The minimum absolute atomic E-state index is 0.125. The Kier molecular flexibility index (Phi) is 7.27. The van der Waals surface area contributed by atoms with Crippen molar-refractivity contribution in [1.29, 1.82) is 0 Å². The monoisotopic (exact) mass is 489 g/mol. The second kappa shape index (κ2) is 10.9. The van der Waals surface area contributed by atoms with Crippen LogP contribution < -0.4 is 15.5 Å². The first-order valence-electron chi connectivity index (χ1n) is 12.5. The summed E-state index contributed by atoms with van der Waals surface area (Å²) >= 11 is 0. The summed E-state index contributed by atoms with van der Waals surface area (Å²) < 4.78 is 14.5. The van der Waals surface area contributed by atoms with Crippen molar-refractivity contribution in [2.45, 2.75) is 25.9 Å². The fraction of sp³-hybridized carbons (Fsp3) is 0.370. The van der Waals surface area contributed by atoms with Crippen LogP contribution in [-0.2, 0) is 11.3 Å². The van der Waals surface area contributed by atoms with Gasteiger partial charge in [0.05, 0.1) is 6.20 Å². The Morgan fingerprint density at radius 3 is 2.50 bits per heavy atom. The number of nitrogens with zero attached hydrogens (tertiary/aromatic N) is 5. The number of likely N-dealkylation sites (tertiary alicyclic amines) is 1. The highest BCUT2D eigenvalue weighted by Gasteiger charge is 2.24. The molecule has 1 atom stereocenters. The summed E-state index contributed by atoms with van der Waals surface area (Å²) in [7, 11) is 0. The molecule has 2 fully saturated rings. The zero-order chi connectivity index (χ0) is 24.9. The Hall–Kier alpha value is -3.72. The van der Waals surface area contributed by atoms with Crippen LogP contribution >= 0.6 is 0 Å². The molecule has 5 rings (SSSR count). The summed E-state index contributed by atoms with van der Waals surface area (Å²) in [4.78, 5) is 26.6. The second-order valence-corrected chi connectivity index (χ2v) is 9.41. The van der Waals surface area contributed by atoms with Crippen LogP contribution in [0, 0.1) is 5.82 Å². The van der Waals surface area contributed by atoms with Gasteiger partial charge in [-0.25, -0.2) is 9.37 Å². The van der Waals surface area contributed by atoms with Crippen LogP contribution in [0.25, 0.3) is 0 Å². The van der Waals surface area contributed by atoms with Gasteiger partial charge < -0.3 is 20.4 Å². The van der Waals surface area contributed by atoms with E-state index in [0.717, 1.165) is 63.6 Å². The predicted molar refractivity (Wildman–Crippen MR) is 140 cm³/mol. The molecule has 2 N–H and O–H groups in total. The van der Waals surface area contributed by atoms with Gasteiger partial charge in [0.2, 0.25) is 11.9 Å². The number of aromatic nitrogens is 2. The van der Waals surface area contributed by atoms with Crippen molar-refractivity contribution >= 4 is 29.0 Å². The molecule has 0 bridgehead atoms. The molecule has 2 aromatic carbocycles. The number of anilines is 4. The molecule has 3 heterocycles. The van der Waals surface area contributed by atoms with Gasteiger partial charge in [-0.2, -0.15) is 4.98 Å². The average Bonchev–Trinajstić information content (AvgIpc) is 3.34. The van der Waals surface area contributed by atoms with Gasteiger partial charge in [-0.1, -0.05) is 30.3 Å². The number of hydrogen-bond donors (Lipinski definition) is 2. The Morgan fingerprint density at radius 1 is 1.03 bits per heavy atom. The third kappa shape index (κ3) is 5.91. The fourth-order valence-electron chi connectivity index (χ4n) is 4.82. The molecule has 2 saturated heterocycles. The number of nitrogens with one attached hydrogen (secondary N) is 2. The lowest BCUT2D eigenvalue weighted by Crippen LogP contribution is -2.48. The Balaban J connectivity index is 1.16. The van der Waals surface area contributed by atoms with Crippen LogP contribution in [0.1, 0.15) is 18.9 Å². The molecule has 0 saturated carbocycles. The normalized spacial score (nSPS) is 18.3. The smallest absolute Gasteiger partial charge is 0.229 e. The lowest BCUT2D eigenvalue weighted by molar-refractivity contribution is -0.129. The first kappa shape index (κ1) is 24.0. The van der Waals surface area contributed by atoms with Gasteiger partial charge in [0, 0.05) is 70.2 Å². The van der Waals surface area contributed by atoms with Crippen molar-refractivity contribution in [2.75, 3.05) is 54.8 Å². The van der Waals surface area contributed by atoms with E-state index in [-0.39, 0.29) is 17.8 Å². The minimum atomic E-state index is -0.456. The van der Waals surface area contributed by atoms with E-state index in [1.54, 1.807) is 6.92 Å². The van der Waals surface area contributed by atoms with E-state index in [1.807, 2.05) is 35.2 Å². The number of halogens is 1. The number of piperazine rings is 1. The molecule has 188 valence electrons. The summed E-state index contributed by atoms with van der Waals surface area (Å²) in [6.07, 6.45) is 2.14. The predicted octanol–water partition coefficient (Wildman–Crippen LogP) is 3.71. The zero-order valence-corrected chi connectivity index (χ0v) is 20.5. The number of carbonyl (C=O) groups excluding carboxylic acids is 1. The van der Waals surface area contributed by atoms with Crippen LogP contribution in [0.15, 0.2) is 60.8 Å². The maximum atomic E-state index is 14.5. The molecule has 1 amide bonds. The molecule has 8 nitrogen and oxygen atoms in total. The second-order valence-electron chi connectivity index (χ2n) is 9.41. The molecule has 2 aliphatic heterocycles. The van der Waals surface area contributed by atoms with E-state index in [0.29, 0.717) is 5.95 Å². The highest BCUT2D eigenvalue weighted by Crippen LogP contribution is 2.23. The van der Waals surface area contributed by atoms with Crippen LogP contribution in [-0.4, -0.2) is 71.0 Å². The van der Waals surface area contributed by atoms with Gasteiger partial charge in [0.1, 0.15) is 0 Å². The molecular formula is C27H32FN7O. The minimum Gasteiger partial charge on any atom is -0.368 e. The number of hydrogen-bond acceptors (Lipinski definition) is 7. The molecule has 0 spiro atoms. The first-order chi connectivity index (χ1) is 17.5. The number of benzene rings is 2. The molecule has 36 heavy (non-hydrogen) atoms. The van der Waals surface area contributed by atoms with Gasteiger partial charge >= 0.3 is 0 Å². The molecule has 1 aromatic heterocycles. The number of rotatable bonds is 7. The van der Waals surface area contributed by atoms with Crippen molar-refractivity contribution in [2.24, 2.45) is 0 Å². The summed E-state index contributed by atoms with van der Waals surface area (Å²) in [5.41, 5.74) is 3.21. The van der Waals surface area contributed by atoms with Gasteiger partial charge in [-0.3, -0.25) is 9.69 Å². The molecule has 2 aliphatic rings. The third-order valence-corrected chi connectivity index (χ3v) is 6.82. The summed E-state index contributed by atoms with van der Waals surface area (Å²) in [5, 5.41) is 6.45. The van der Waals surface area contributed by atoms with E-state index in [9.17, 15) is 9.18 Å². The van der Waals surface area contributed by atoms with Crippen molar-refractivity contribution in [3.63, 3.8) is 0 Å². The Labute approximate surface area is 211 Å². The summed E-state index contributed by atoms with van der Waals surface area (Å²) in [6.45, 7) is 7.39. The Bertz CT molecular complexity index is 1170. The molecule has 0 aliphatic carbocycles. The SMILES string of the molecule is CC(=O)N1CCN(c2ccc(Nc3ncc(F)c(N[C@H]4CCN(Cc5ccccc5)C4)n3)cc2)CC1. The molecule has 0 radical (unpaired) electrons. The van der Waals surface area contributed by atoms with E-state index in [2.05, 4.69) is 54.7 Å². The zero-order valence-electron chi connectivity index (χ0n) is 20.5.